The van der Waals surface area contributed by atoms with Gasteiger partial charge in [-0.2, -0.15) is 0 Å². The average molecular weight is 312 g/mol. The molecule has 0 amide bonds. The summed E-state index contributed by atoms with van der Waals surface area (Å²) in [5.74, 6) is -0.783. The van der Waals surface area contributed by atoms with E-state index in [9.17, 15) is 9.59 Å². The van der Waals surface area contributed by atoms with Gasteiger partial charge < -0.3 is 14.8 Å². The Labute approximate surface area is 127 Å². The van der Waals surface area contributed by atoms with Crippen LogP contribution in [0.1, 0.15) is 52.8 Å². The van der Waals surface area contributed by atoms with Gasteiger partial charge in [0.15, 0.2) is 16.6 Å². The predicted molar refractivity (Wildman–Crippen MR) is 80.2 cm³/mol. The Balaban J connectivity index is 1.87. The Morgan fingerprint density at radius 3 is 2.71 bits per heavy atom. The van der Waals surface area contributed by atoms with E-state index in [-0.39, 0.29) is 11.5 Å². The summed E-state index contributed by atoms with van der Waals surface area (Å²) in [7, 11) is 1.27. The molecule has 0 saturated heterocycles. The zero-order chi connectivity index (χ0) is 15.2. The molecule has 1 fully saturated rings. The van der Waals surface area contributed by atoms with Gasteiger partial charge in [0.2, 0.25) is 0 Å². The predicted octanol–water partition coefficient (Wildman–Crippen LogP) is 2.50. The Bertz CT molecular complexity index is 509. The van der Waals surface area contributed by atoms with E-state index in [1.807, 2.05) is 0 Å². The highest BCUT2D eigenvalue weighted by Crippen LogP contribution is 2.24. The molecule has 0 bridgehead atoms. The van der Waals surface area contributed by atoms with E-state index in [0.717, 1.165) is 12.8 Å². The summed E-state index contributed by atoms with van der Waals surface area (Å²) in [5, 5.41) is 3.62. The summed E-state index contributed by atoms with van der Waals surface area (Å²) in [6.07, 6.45) is 5.14. The van der Waals surface area contributed by atoms with Crippen LogP contribution in [0, 0.1) is 0 Å². The minimum atomic E-state index is -0.591. The van der Waals surface area contributed by atoms with Crippen LogP contribution in [0.5, 0.6) is 0 Å². The van der Waals surface area contributed by atoms with Gasteiger partial charge in [0.25, 0.3) is 0 Å². The molecule has 1 aromatic rings. The van der Waals surface area contributed by atoms with E-state index in [0.29, 0.717) is 29.3 Å². The number of hydrogen-bond donors (Lipinski definition) is 1. The Morgan fingerprint density at radius 2 is 2.10 bits per heavy atom. The number of nitrogens with zero attached hydrogens (tertiary/aromatic N) is 1. The summed E-state index contributed by atoms with van der Waals surface area (Å²) in [4.78, 5) is 27.5. The number of ketones is 1. The monoisotopic (exact) mass is 312 g/mol. The van der Waals surface area contributed by atoms with Crippen molar-refractivity contribution in [1.29, 1.82) is 0 Å². The minimum Gasteiger partial charge on any atom is -0.464 e. The molecule has 6 nitrogen and oxygen atoms in total. The van der Waals surface area contributed by atoms with Crippen molar-refractivity contribution in [2.24, 2.45) is 0 Å². The number of carbonyl (C=O) groups excluding carboxylic acids is 2. The number of Topliss-reactive ketones (excluding diaryl/α,β-unsaturated/α-hetero) is 1. The molecule has 0 atom stereocenters. The summed E-state index contributed by atoms with van der Waals surface area (Å²) < 4.78 is 10.4. The third kappa shape index (κ3) is 4.25. The Hall–Kier alpha value is -1.47. The molecule has 21 heavy (non-hydrogen) atoms. The summed E-state index contributed by atoms with van der Waals surface area (Å²) in [6, 6.07) is 0. The lowest BCUT2D eigenvalue weighted by atomic mass is 10.3. The first kappa shape index (κ1) is 15.9. The van der Waals surface area contributed by atoms with Gasteiger partial charge in [-0.3, -0.25) is 4.79 Å². The Morgan fingerprint density at radius 1 is 1.38 bits per heavy atom. The van der Waals surface area contributed by atoms with Crippen LogP contribution in [0.3, 0.4) is 0 Å². The van der Waals surface area contributed by atoms with Crippen LogP contribution in [-0.2, 0) is 9.47 Å². The number of hydrogen-bond acceptors (Lipinski definition) is 7. The molecule has 1 heterocycles. The van der Waals surface area contributed by atoms with E-state index in [2.05, 4.69) is 15.0 Å². The van der Waals surface area contributed by atoms with Gasteiger partial charge in [-0.1, -0.05) is 24.2 Å². The smallest absolute Gasteiger partial charge is 0.358 e. The fourth-order valence-corrected chi connectivity index (χ4v) is 3.18. The first-order chi connectivity index (χ1) is 10.1. The number of methoxy groups -OCH3 is 1. The van der Waals surface area contributed by atoms with Crippen molar-refractivity contribution in [1.82, 2.24) is 4.98 Å². The molecule has 1 saturated carbocycles. The van der Waals surface area contributed by atoms with E-state index in [1.165, 1.54) is 38.2 Å². The SMILES string of the molecule is COC(=O)c1nc(NCCOC2CCCC2)sc1C(C)=O. The number of aromatic nitrogens is 1. The normalized spacial score (nSPS) is 15.1. The molecule has 1 aliphatic carbocycles. The first-order valence-corrected chi connectivity index (χ1v) is 7.89. The van der Waals surface area contributed by atoms with Crippen molar-refractivity contribution in [3.8, 4) is 0 Å². The molecule has 1 N–H and O–H groups in total. The molecule has 2 rings (SSSR count). The van der Waals surface area contributed by atoms with Crippen LogP contribution in [0.4, 0.5) is 5.13 Å². The van der Waals surface area contributed by atoms with Crippen molar-refractivity contribution in [2.45, 2.75) is 38.7 Å². The zero-order valence-corrected chi connectivity index (χ0v) is 13.1. The number of esters is 1. The largest absolute Gasteiger partial charge is 0.464 e. The van der Waals surface area contributed by atoms with Crippen LogP contribution in [0.25, 0.3) is 0 Å². The van der Waals surface area contributed by atoms with Gasteiger partial charge in [-0.05, 0) is 12.8 Å². The van der Waals surface area contributed by atoms with Crippen molar-refractivity contribution < 1.29 is 19.1 Å². The van der Waals surface area contributed by atoms with Gasteiger partial charge in [0.1, 0.15) is 4.88 Å². The fraction of sp³-hybridized carbons (Fsp3) is 0.643. The highest BCUT2D eigenvalue weighted by atomic mass is 32.1. The lowest BCUT2D eigenvalue weighted by Gasteiger charge is -2.10. The third-order valence-electron chi connectivity index (χ3n) is 3.36. The summed E-state index contributed by atoms with van der Waals surface area (Å²) in [6.45, 7) is 2.60. The van der Waals surface area contributed by atoms with Crippen molar-refractivity contribution >= 4 is 28.2 Å². The lowest BCUT2D eigenvalue weighted by Crippen LogP contribution is -2.15. The van der Waals surface area contributed by atoms with Crippen molar-refractivity contribution in [3.05, 3.63) is 10.6 Å². The van der Waals surface area contributed by atoms with Crippen LogP contribution < -0.4 is 5.32 Å². The van der Waals surface area contributed by atoms with Gasteiger partial charge in [-0.25, -0.2) is 9.78 Å². The number of anilines is 1. The minimum absolute atomic E-state index is 0.0780. The molecular formula is C14H20N2O4S. The fourth-order valence-electron chi connectivity index (χ4n) is 2.31. The molecule has 7 heteroatoms. The maximum absolute atomic E-state index is 11.6. The number of nitrogens with one attached hydrogen (secondary N) is 1. The molecule has 1 aromatic heterocycles. The summed E-state index contributed by atoms with van der Waals surface area (Å²) in [5.41, 5.74) is 0.0780. The second kappa shape index (κ2) is 7.51. The highest BCUT2D eigenvalue weighted by Gasteiger charge is 2.21. The maximum Gasteiger partial charge on any atom is 0.358 e. The summed E-state index contributed by atoms with van der Waals surface area (Å²) >= 11 is 1.17. The number of thiazole rings is 1. The second-order valence-corrected chi connectivity index (χ2v) is 5.95. The molecule has 0 aliphatic heterocycles. The zero-order valence-electron chi connectivity index (χ0n) is 12.3. The first-order valence-electron chi connectivity index (χ1n) is 7.07. The van der Waals surface area contributed by atoms with Crippen LogP contribution in [0.15, 0.2) is 0 Å². The van der Waals surface area contributed by atoms with Gasteiger partial charge in [0.05, 0.1) is 19.8 Å². The lowest BCUT2D eigenvalue weighted by molar-refractivity contribution is 0.0591. The van der Waals surface area contributed by atoms with E-state index < -0.39 is 5.97 Å². The van der Waals surface area contributed by atoms with Crippen LogP contribution in [-0.4, -0.2) is 43.1 Å². The number of ether oxygens (including phenoxy) is 2. The molecule has 0 unspecified atom stereocenters. The molecule has 0 aromatic carbocycles. The Kier molecular flexibility index (Phi) is 5.69. The standard InChI is InChI=1S/C14H20N2O4S/c1-9(17)12-11(13(18)19-2)16-14(21-12)15-7-8-20-10-5-3-4-6-10/h10H,3-8H2,1-2H3,(H,15,16). The van der Waals surface area contributed by atoms with Crippen LogP contribution >= 0.6 is 11.3 Å². The quantitative estimate of drug-likeness (QED) is 0.473. The number of rotatable bonds is 7. The molecule has 0 radical (unpaired) electrons. The third-order valence-corrected chi connectivity index (χ3v) is 4.47. The van der Waals surface area contributed by atoms with Gasteiger partial charge in [0, 0.05) is 13.5 Å². The maximum atomic E-state index is 11.6. The van der Waals surface area contributed by atoms with E-state index in [4.69, 9.17) is 4.74 Å². The average Bonchev–Trinajstić information content (AvgIpc) is 3.12. The van der Waals surface area contributed by atoms with Crippen molar-refractivity contribution in [3.63, 3.8) is 0 Å². The van der Waals surface area contributed by atoms with E-state index >= 15 is 0 Å². The number of carbonyl (C=O) groups is 2. The highest BCUT2D eigenvalue weighted by molar-refractivity contribution is 7.17. The van der Waals surface area contributed by atoms with Crippen molar-refractivity contribution in [2.75, 3.05) is 25.6 Å². The van der Waals surface area contributed by atoms with Crippen LogP contribution in [0.2, 0.25) is 0 Å². The van der Waals surface area contributed by atoms with Gasteiger partial charge >= 0.3 is 5.97 Å². The van der Waals surface area contributed by atoms with Gasteiger partial charge in [-0.15, -0.1) is 0 Å². The second-order valence-electron chi connectivity index (χ2n) is 4.95. The molecule has 116 valence electrons. The van der Waals surface area contributed by atoms with E-state index in [1.54, 1.807) is 0 Å². The molecule has 0 spiro atoms. The molecular weight excluding hydrogens is 292 g/mol. The topological polar surface area (TPSA) is 77.5 Å². The molecule has 1 aliphatic rings.